The Bertz CT molecular complexity index is 1130. The first-order chi connectivity index (χ1) is 18.5. The highest BCUT2D eigenvalue weighted by molar-refractivity contribution is 7.90. The van der Waals surface area contributed by atoms with Crippen molar-refractivity contribution in [1.82, 2.24) is 0 Å². The van der Waals surface area contributed by atoms with Crippen molar-refractivity contribution in [2.45, 2.75) is 12.8 Å². The number of hydrogen-bond acceptors (Lipinski definition) is 2. The minimum absolute atomic E-state index is 0.105. The number of benzene rings is 4. The van der Waals surface area contributed by atoms with Gasteiger partial charge in [0.1, 0.15) is 0 Å². The van der Waals surface area contributed by atoms with Gasteiger partial charge in [-0.25, -0.2) is 9.59 Å². The van der Waals surface area contributed by atoms with E-state index in [1.165, 1.54) is 0 Å². The van der Waals surface area contributed by atoms with E-state index in [0.29, 0.717) is 0 Å². The lowest BCUT2D eigenvalue weighted by Gasteiger charge is -2.28. The molecule has 4 nitrogen and oxygen atoms in total. The third-order valence-corrected chi connectivity index (χ3v) is 16.1. The molecule has 2 N–H and O–H groups in total. The van der Waals surface area contributed by atoms with E-state index >= 15 is 0 Å². The van der Waals surface area contributed by atoms with Crippen molar-refractivity contribution < 1.29 is 19.8 Å². The van der Waals surface area contributed by atoms with Crippen LogP contribution in [0, 0.1) is 0 Å². The largest absolute Gasteiger partial charge is 0.479 e. The van der Waals surface area contributed by atoms with Crippen LogP contribution in [0.15, 0.2) is 121 Å². The van der Waals surface area contributed by atoms with Crippen LogP contribution in [-0.4, -0.2) is 46.8 Å². The molecule has 0 aliphatic heterocycles. The van der Waals surface area contributed by atoms with E-state index in [1.54, 1.807) is 0 Å². The Labute approximate surface area is 226 Å². The van der Waals surface area contributed by atoms with Crippen LogP contribution in [0.5, 0.6) is 0 Å². The number of carbonyl (C=O) groups is 2. The fourth-order valence-electron chi connectivity index (χ4n) is 5.42. The summed E-state index contributed by atoms with van der Waals surface area (Å²) in [5, 5.41) is 24.5. The van der Waals surface area contributed by atoms with Crippen molar-refractivity contribution in [1.29, 1.82) is 0 Å². The zero-order chi connectivity index (χ0) is 26.8. The average Bonchev–Trinajstić information content (AvgIpc) is 2.95. The third-order valence-electron chi connectivity index (χ3n) is 7.14. The summed E-state index contributed by atoms with van der Waals surface area (Å²) in [4.78, 5) is 24.4. The molecule has 0 aliphatic carbocycles. The molecule has 4 aromatic rings. The molecule has 0 unspecified atom stereocenters. The van der Waals surface area contributed by atoms with Crippen LogP contribution in [0.1, 0.15) is 12.8 Å². The standard InChI is InChI=1S/C32H32O4P2/c33-31(34)25-37(27-15-5-1-6-16-27,28-17-7-2-8-18-28)23-13-14-24-38(26-32(35)36,29-19-9-3-10-20-29)30-21-11-4-12-22-30/h1-12,15-22H,13-14,23-26H2/p+2. The van der Waals surface area contributed by atoms with E-state index in [-0.39, 0.29) is 12.3 Å². The van der Waals surface area contributed by atoms with Crippen molar-refractivity contribution in [3.8, 4) is 0 Å². The van der Waals surface area contributed by atoms with Crippen LogP contribution in [0.2, 0.25) is 0 Å². The summed E-state index contributed by atoms with van der Waals surface area (Å²) in [5.74, 6) is -1.57. The fraction of sp³-hybridized carbons (Fsp3) is 0.188. The van der Waals surface area contributed by atoms with Crippen LogP contribution in [0.4, 0.5) is 0 Å². The first-order valence-electron chi connectivity index (χ1n) is 12.9. The zero-order valence-electron chi connectivity index (χ0n) is 21.4. The molecule has 194 valence electrons. The first-order valence-corrected chi connectivity index (χ1v) is 17.2. The number of unbranched alkanes of at least 4 members (excludes halogenated alkanes) is 1. The lowest BCUT2D eigenvalue weighted by Crippen LogP contribution is -2.32. The second kappa shape index (κ2) is 13.0. The molecule has 0 radical (unpaired) electrons. The van der Waals surface area contributed by atoms with Crippen molar-refractivity contribution in [2.75, 3.05) is 24.6 Å². The van der Waals surface area contributed by atoms with E-state index in [9.17, 15) is 19.8 Å². The summed E-state index contributed by atoms with van der Waals surface area (Å²) in [6, 6.07) is 40.3. The quantitative estimate of drug-likeness (QED) is 0.178. The van der Waals surface area contributed by atoms with E-state index in [1.807, 2.05) is 72.8 Å². The maximum Gasteiger partial charge on any atom is 0.342 e. The highest BCUT2D eigenvalue weighted by Gasteiger charge is 2.47. The lowest BCUT2D eigenvalue weighted by atomic mass is 10.4. The molecule has 0 saturated heterocycles. The van der Waals surface area contributed by atoms with Gasteiger partial charge in [-0.05, 0) is 61.4 Å². The predicted molar refractivity (Wildman–Crippen MR) is 162 cm³/mol. The van der Waals surface area contributed by atoms with E-state index in [0.717, 1.165) is 46.4 Å². The molecule has 0 amide bonds. The maximum absolute atomic E-state index is 12.2. The maximum atomic E-state index is 12.2. The van der Waals surface area contributed by atoms with Crippen molar-refractivity contribution in [3.63, 3.8) is 0 Å². The second-order valence-corrected chi connectivity index (χ2v) is 17.0. The van der Waals surface area contributed by atoms with Crippen LogP contribution < -0.4 is 21.2 Å². The number of aliphatic carboxylic acids is 2. The summed E-state index contributed by atoms with van der Waals surface area (Å²) in [7, 11) is -4.43. The SMILES string of the molecule is O=C(O)C[P+](CCCC[P+](CC(=O)O)(c1ccccc1)c1ccccc1)(c1ccccc1)c1ccccc1. The third kappa shape index (κ3) is 6.38. The van der Waals surface area contributed by atoms with Crippen LogP contribution >= 0.6 is 14.5 Å². The Morgan fingerprint density at radius 2 is 0.684 bits per heavy atom. The minimum Gasteiger partial charge on any atom is -0.479 e. The topological polar surface area (TPSA) is 74.6 Å². The van der Waals surface area contributed by atoms with Crippen LogP contribution in [-0.2, 0) is 9.59 Å². The van der Waals surface area contributed by atoms with Crippen molar-refractivity contribution in [3.05, 3.63) is 121 Å². The van der Waals surface area contributed by atoms with Crippen molar-refractivity contribution in [2.24, 2.45) is 0 Å². The lowest BCUT2D eigenvalue weighted by molar-refractivity contribution is -0.135. The van der Waals surface area contributed by atoms with Crippen LogP contribution in [0.3, 0.4) is 0 Å². The van der Waals surface area contributed by atoms with Gasteiger partial charge in [0.2, 0.25) is 0 Å². The van der Waals surface area contributed by atoms with Gasteiger partial charge in [0.15, 0.2) is 12.3 Å². The van der Waals surface area contributed by atoms with Crippen LogP contribution in [0.25, 0.3) is 0 Å². The molecule has 0 aliphatic rings. The average molecular weight is 545 g/mol. The summed E-state index contributed by atoms with van der Waals surface area (Å²) < 4.78 is 0. The van der Waals surface area contributed by atoms with Gasteiger partial charge < -0.3 is 10.2 Å². The molecule has 0 spiro atoms. The highest BCUT2D eigenvalue weighted by atomic mass is 31.2. The van der Waals surface area contributed by atoms with Gasteiger partial charge in [0.05, 0.1) is 48.1 Å². The first kappa shape index (κ1) is 27.7. The molecule has 0 bridgehead atoms. The van der Waals surface area contributed by atoms with Gasteiger partial charge >= 0.3 is 11.9 Å². The molecule has 4 rings (SSSR count). The smallest absolute Gasteiger partial charge is 0.342 e. The Balaban J connectivity index is 1.68. The molecule has 0 fully saturated rings. The van der Waals surface area contributed by atoms with Gasteiger partial charge in [-0.2, -0.15) is 0 Å². The molecule has 0 aromatic heterocycles. The number of hydrogen-bond donors (Lipinski definition) is 2. The van der Waals surface area contributed by atoms with E-state index in [4.69, 9.17) is 0 Å². The second-order valence-electron chi connectivity index (χ2n) is 9.54. The fourth-order valence-corrected chi connectivity index (χ4v) is 13.5. The molecular formula is C32H34O4P2+2. The normalized spacial score (nSPS) is 11.7. The Morgan fingerprint density at radius 3 is 0.895 bits per heavy atom. The molecular weight excluding hydrogens is 510 g/mol. The Morgan fingerprint density at radius 1 is 0.447 bits per heavy atom. The number of carboxylic acids is 2. The Kier molecular flexibility index (Phi) is 9.45. The van der Waals surface area contributed by atoms with Gasteiger partial charge in [-0.3, -0.25) is 0 Å². The monoisotopic (exact) mass is 544 g/mol. The van der Waals surface area contributed by atoms with E-state index in [2.05, 4.69) is 48.5 Å². The zero-order valence-corrected chi connectivity index (χ0v) is 23.2. The number of rotatable bonds is 13. The molecule has 0 saturated carbocycles. The summed E-state index contributed by atoms with van der Waals surface area (Å²) >= 11 is 0. The van der Waals surface area contributed by atoms with Gasteiger partial charge in [-0.1, -0.05) is 72.8 Å². The highest BCUT2D eigenvalue weighted by Crippen LogP contribution is 2.59. The Hall–Kier alpha value is -3.32. The van der Waals surface area contributed by atoms with Gasteiger partial charge in [-0.15, -0.1) is 0 Å². The number of carboxylic acid groups (broad SMARTS) is 2. The molecule has 6 heteroatoms. The predicted octanol–water partition coefficient (Wildman–Crippen LogP) is 5.27. The summed E-state index contributed by atoms with van der Waals surface area (Å²) in [6.45, 7) is 0. The molecule has 0 atom stereocenters. The van der Waals surface area contributed by atoms with E-state index < -0.39 is 26.5 Å². The summed E-state index contributed by atoms with van der Waals surface area (Å²) in [5.41, 5.74) is 0. The summed E-state index contributed by atoms with van der Waals surface area (Å²) in [6.07, 6.45) is 3.40. The molecule has 38 heavy (non-hydrogen) atoms. The molecule has 4 aromatic carbocycles. The van der Waals surface area contributed by atoms with Gasteiger partial charge in [0, 0.05) is 0 Å². The minimum atomic E-state index is -2.21. The van der Waals surface area contributed by atoms with Crippen molar-refractivity contribution >= 4 is 47.7 Å². The molecule has 0 heterocycles. The van der Waals surface area contributed by atoms with Gasteiger partial charge in [0.25, 0.3) is 0 Å².